The normalized spacial score (nSPS) is 32.4. The SMILES string of the molecule is CCCCCCCC/C=C\CCCCCCCC(=O)NC(COC1OC(CO)C(OC2OC(CO)C(OC3OC(CO)C(O)C(O)C3O)C(O)C2O)C(O)C1O)C(O)/C=C/CCCCCCCCCCC. The largest absolute Gasteiger partial charge is 0.394 e. The number of carbonyl (C=O) groups is 1. The summed E-state index contributed by atoms with van der Waals surface area (Å²) in [5.41, 5.74) is 0. The average molecular weight is 1020 g/mol. The molecule has 19 heteroatoms. The van der Waals surface area contributed by atoms with Gasteiger partial charge in [-0.05, 0) is 44.9 Å². The highest BCUT2D eigenvalue weighted by Gasteiger charge is 2.53. The van der Waals surface area contributed by atoms with Crippen molar-refractivity contribution in [2.75, 3.05) is 26.4 Å². The van der Waals surface area contributed by atoms with Gasteiger partial charge < -0.3 is 89.9 Å². The molecule has 3 aliphatic rings. The summed E-state index contributed by atoms with van der Waals surface area (Å²) in [5.74, 6) is -0.287. The van der Waals surface area contributed by atoms with Gasteiger partial charge in [-0.25, -0.2) is 0 Å². The molecule has 0 radical (unpaired) electrons. The van der Waals surface area contributed by atoms with E-state index in [9.17, 15) is 61.0 Å². The highest BCUT2D eigenvalue weighted by atomic mass is 16.8. The lowest BCUT2D eigenvalue weighted by Gasteiger charge is -2.48. The third-order valence-corrected chi connectivity index (χ3v) is 13.7. The van der Waals surface area contributed by atoms with E-state index in [1.54, 1.807) is 6.08 Å². The van der Waals surface area contributed by atoms with Gasteiger partial charge in [-0.3, -0.25) is 4.79 Å². The van der Waals surface area contributed by atoms with E-state index >= 15 is 0 Å². The second kappa shape index (κ2) is 37.1. The summed E-state index contributed by atoms with van der Waals surface area (Å²) in [6, 6.07) is -0.972. The van der Waals surface area contributed by atoms with E-state index in [1.807, 2.05) is 6.08 Å². The topological polar surface area (TPSA) is 307 Å². The first-order valence-electron chi connectivity index (χ1n) is 27.1. The van der Waals surface area contributed by atoms with Gasteiger partial charge in [0.25, 0.3) is 0 Å². The van der Waals surface area contributed by atoms with Crippen molar-refractivity contribution < 1.29 is 89.4 Å². The van der Waals surface area contributed by atoms with E-state index in [0.717, 1.165) is 64.2 Å². The van der Waals surface area contributed by atoms with Gasteiger partial charge in [0.2, 0.25) is 5.91 Å². The molecule has 1 amide bonds. The lowest BCUT2D eigenvalue weighted by molar-refractivity contribution is -0.379. The van der Waals surface area contributed by atoms with E-state index < -0.39 is 124 Å². The van der Waals surface area contributed by atoms with Crippen LogP contribution in [0, 0.1) is 0 Å². The summed E-state index contributed by atoms with van der Waals surface area (Å²) >= 11 is 0. The van der Waals surface area contributed by atoms with Crippen molar-refractivity contribution in [1.29, 1.82) is 0 Å². The van der Waals surface area contributed by atoms with Crippen molar-refractivity contribution in [3.8, 4) is 0 Å². The molecule has 19 nitrogen and oxygen atoms in total. The van der Waals surface area contributed by atoms with Crippen LogP contribution in [0.5, 0.6) is 0 Å². The predicted octanol–water partition coefficient (Wildman–Crippen LogP) is 2.81. The van der Waals surface area contributed by atoms with Gasteiger partial charge >= 0.3 is 0 Å². The van der Waals surface area contributed by atoms with Gasteiger partial charge in [-0.15, -0.1) is 0 Å². The Bertz CT molecular complexity index is 1410. The van der Waals surface area contributed by atoms with Crippen molar-refractivity contribution in [1.82, 2.24) is 5.32 Å². The molecular formula is C52H95NO18. The standard InChI is InChI=1S/C52H95NO18/c1-3-5-7-9-11-13-15-16-17-18-20-22-24-26-28-30-40(58)53-35(36(57)29-27-25-23-21-19-14-12-10-8-6-4-2)34-66-50-46(64)43(61)48(38(32-55)68-50)71-52-47(65)44(62)49(39(33-56)69-52)70-51-45(63)42(60)41(59)37(31-54)67-51/h16-17,27,29,35-39,41-52,54-57,59-65H,3-15,18-26,28,30-34H2,1-2H3,(H,53,58)/b17-16-,29-27+. The van der Waals surface area contributed by atoms with Crippen LogP contribution >= 0.6 is 0 Å². The minimum atomic E-state index is -1.98. The fourth-order valence-corrected chi connectivity index (χ4v) is 9.18. The van der Waals surface area contributed by atoms with E-state index in [2.05, 4.69) is 31.3 Å². The Kier molecular flexibility index (Phi) is 33.2. The molecule has 0 bridgehead atoms. The smallest absolute Gasteiger partial charge is 0.220 e. The summed E-state index contributed by atoms with van der Waals surface area (Å²) in [6.07, 6.45) is 7.48. The molecule has 3 fully saturated rings. The molecule has 416 valence electrons. The first-order chi connectivity index (χ1) is 34.3. The summed E-state index contributed by atoms with van der Waals surface area (Å²) in [7, 11) is 0. The van der Waals surface area contributed by atoms with Crippen molar-refractivity contribution in [2.24, 2.45) is 0 Å². The Labute approximate surface area is 422 Å². The maximum atomic E-state index is 13.2. The summed E-state index contributed by atoms with van der Waals surface area (Å²) in [4.78, 5) is 13.2. The fourth-order valence-electron chi connectivity index (χ4n) is 9.18. The number of nitrogens with one attached hydrogen (secondary N) is 1. The number of rotatable bonds is 38. The van der Waals surface area contributed by atoms with E-state index in [1.165, 1.54) is 77.0 Å². The van der Waals surface area contributed by atoms with Crippen LogP contribution in [0.4, 0.5) is 0 Å². The highest BCUT2D eigenvalue weighted by Crippen LogP contribution is 2.33. The number of aliphatic hydroxyl groups excluding tert-OH is 11. The van der Waals surface area contributed by atoms with Crippen molar-refractivity contribution in [3.63, 3.8) is 0 Å². The molecule has 17 unspecified atom stereocenters. The molecule has 0 aliphatic carbocycles. The molecule has 0 spiro atoms. The van der Waals surface area contributed by atoms with E-state index in [4.69, 9.17) is 28.4 Å². The number of aliphatic hydroxyl groups is 11. The zero-order chi connectivity index (χ0) is 52.0. The summed E-state index contributed by atoms with van der Waals surface area (Å²) in [6.45, 7) is 1.66. The first-order valence-corrected chi connectivity index (χ1v) is 27.1. The second-order valence-corrected chi connectivity index (χ2v) is 19.7. The Morgan fingerprint density at radius 2 is 0.887 bits per heavy atom. The zero-order valence-electron chi connectivity index (χ0n) is 42.7. The molecule has 3 aliphatic heterocycles. The summed E-state index contributed by atoms with van der Waals surface area (Å²) < 4.78 is 34.1. The minimum Gasteiger partial charge on any atom is -0.394 e. The third kappa shape index (κ3) is 22.6. The van der Waals surface area contributed by atoms with Gasteiger partial charge in [-0.2, -0.15) is 0 Å². The summed E-state index contributed by atoms with van der Waals surface area (Å²) in [5, 5.41) is 120. The molecule has 17 atom stereocenters. The fraction of sp³-hybridized carbons (Fsp3) is 0.904. The number of hydrogen-bond donors (Lipinski definition) is 12. The van der Waals surface area contributed by atoms with E-state index in [0.29, 0.717) is 6.42 Å². The van der Waals surface area contributed by atoms with Crippen LogP contribution in [-0.2, 0) is 33.2 Å². The lowest BCUT2D eigenvalue weighted by Crippen LogP contribution is -2.66. The molecule has 3 rings (SSSR count). The van der Waals surface area contributed by atoms with Gasteiger partial charge in [0, 0.05) is 6.42 Å². The molecule has 3 heterocycles. The Morgan fingerprint density at radius 1 is 0.493 bits per heavy atom. The monoisotopic (exact) mass is 1020 g/mol. The van der Waals surface area contributed by atoms with Crippen molar-refractivity contribution >= 4 is 5.91 Å². The number of allylic oxidation sites excluding steroid dienone is 3. The van der Waals surface area contributed by atoms with E-state index in [-0.39, 0.29) is 18.9 Å². The van der Waals surface area contributed by atoms with Gasteiger partial charge in [0.15, 0.2) is 18.9 Å². The Morgan fingerprint density at radius 3 is 1.37 bits per heavy atom. The van der Waals surface area contributed by atoms with Crippen LogP contribution in [-0.4, -0.2) is 193 Å². The lowest BCUT2D eigenvalue weighted by atomic mass is 9.96. The van der Waals surface area contributed by atoms with Crippen molar-refractivity contribution in [2.45, 2.75) is 272 Å². The maximum Gasteiger partial charge on any atom is 0.220 e. The average Bonchev–Trinajstić information content (AvgIpc) is 3.36. The Hall–Kier alpha value is -1.73. The van der Waals surface area contributed by atoms with Crippen LogP contribution in [0.15, 0.2) is 24.3 Å². The predicted molar refractivity (Wildman–Crippen MR) is 263 cm³/mol. The Balaban J connectivity index is 1.55. The molecule has 0 aromatic rings. The number of unbranched alkanes of at least 4 members (excludes halogenated alkanes) is 20. The first kappa shape index (κ1) is 63.6. The molecule has 71 heavy (non-hydrogen) atoms. The van der Waals surface area contributed by atoms with Crippen LogP contribution < -0.4 is 5.32 Å². The molecule has 0 aromatic heterocycles. The van der Waals surface area contributed by atoms with Crippen molar-refractivity contribution in [3.05, 3.63) is 24.3 Å². The molecule has 12 N–H and O–H groups in total. The third-order valence-electron chi connectivity index (χ3n) is 13.7. The number of ether oxygens (including phenoxy) is 6. The highest BCUT2D eigenvalue weighted by molar-refractivity contribution is 5.76. The number of carbonyl (C=O) groups excluding carboxylic acids is 1. The minimum absolute atomic E-state index is 0.234. The number of hydrogen-bond acceptors (Lipinski definition) is 18. The molecule has 3 saturated heterocycles. The van der Waals surface area contributed by atoms with Crippen LogP contribution in [0.25, 0.3) is 0 Å². The van der Waals surface area contributed by atoms with Gasteiger partial charge in [0.1, 0.15) is 73.2 Å². The quantitative estimate of drug-likeness (QED) is 0.0313. The molecule has 0 aromatic carbocycles. The van der Waals surface area contributed by atoms with Crippen LogP contribution in [0.2, 0.25) is 0 Å². The van der Waals surface area contributed by atoms with Gasteiger partial charge in [-0.1, -0.05) is 141 Å². The maximum absolute atomic E-state index is 13.2. The number of amides is 1. The van der Waals surface area contributed by atoms with Gasteiger partial charge in [0.05, 0.1) is 38.6 Å². The van der Waals surface area contributed by atoms with Crippen LogP contribution in [0.1, 0.15) is 168 Å². The van der Waals surface area contributed by atoms with Crippen LogP contribution in [0.3, 0.4) is 0 Å². The zero-order valence-corrected chi connectivity index (χ0v) is 42.7. The second-order valence-electron chi connectivity index (χ2n) is 19.7. The molecular weight excluding hydrogens is 927 g/mol. The molecule has 0 saturated carbocycles.